The number of aromatic nitrogens is 1. The van der Waals surface area contributed by atoms with Gasteiger partial charge in [-0.25, -0.2) is 0 Å². The topological polar surface area (TPSA) is 48.3 Å². The van der Waals surface area contributed by atoms with Gasteiger partial charge in [0.2, 0.25) is 0 Å². The van der Waals surface area contributed by atoms with Crippen LogP contribution in [-0.4, -0.2) is 17.6 Å². The lowest BCUT2D eigenvalue weighted by Gasteiger charge is -2.04. The molecule has 0 bridgehead atoms. The highest BCUT2D eigenvalue weighted by Gasteiger charge is 2.06. The Labute approximate surface area is 128 Å². The number of benzene rings is 1. The predicted octanol–water partition coefficient (Wildman–Crippen LogP) is 3.58. The molecule has 0 amide bonds. The molecular formula is C16H21NO3S. The standard InChI is InChI=1S/C16H21NO3S/c1-20-15(18)11-5-3-2-4-8-12-17-13-9-6-7-10-14(13)21-16(17)19/h6-7,9-10H,2-5,8,11-12H2,1H3. The molecule has 21 heavy (non-hydrogen) atoms. The highest BCUT2D eigenvalue weighted by atomic mass is 32.1. The molecular weight excluding hydrogens is 286 g/mol. The number of aryl methyl sites for hydroxylation is 1. The fourth-order valence-corrected chi connectivity index (χ4v) is 3.31. The number of nitrogens with zero attached hydrogens (tertiary/aromatic N) is 1. The second-order valence-electron chi connectivity index (χ2n) is 5.08. The van der Waals surface area contributed by atoms with Crippen LogP contribution in [0.2, 0.25) is 0 Å². The fraction of sp³-hybridized carbons (Fsp3) is 0.500. The summed E-state index contributed by atoms with van der Waals surface area (Å²) in [4.78, 5) is 23.0. The van der Waals surface area contributed by atoms with E-state index in [1.165, 1.54) is 18.4 Å². The van der Waals surface area contributed by atoms with Crippen LogP contribution >= 0.6 is 11.3 Å². The summed E-state index contributed by atoms with van der Waals surface area (Å²) in [5.41, 5.74) is 1.04. The minimum absolute atomic E-state index is 0.127. The molecule has 0 saturated carbocycles. The molecule has 1 aromatic heterocycles. The molecule has 2 rings (SSSR count). The Kier molecular flexibility index (Phi) is 5.99. The van der Waals surface area contributed by atoms with Crippen LogP contribution in [0.1, 0.15) is 38.5 Å². The Hall–Kier alpha value is -1.62. The number of methoxy groups -OCH3 is 1. The van der Waals surface area contributed by atoms with Crippen molar-refractivity contribution in [3.63, 3.8) is 0 Å². The number of para-hydroxylation sites is 1. The molecule has 2 aromatic rings. The number of unbranched alkanes of at least 4 members (excludes halogenated alkanes) is 4. The summed E-state index contributed by atoms with van der Waals surface area (Å²) in [6, 6.07) is 7.93. The number of carbonyl (C=O) groups excluding carboxylic acids is 1. The van der Waals surface area contributed by atoms with Gasteiger partial charge >= 0.3 is 10.8 Å². The van der Waals surface area contributed by atoms with Crippen LogP contribution in [0.15, 0.2) is 29.1 Å². The molecule has 114 valence electrons. The zero-order valence-electron chi connectivity index (χ0n) is 12.3. The molecule has 0 aliphatic heterocycles. The number of rotatable bonds is 8. The molecule has 0 aliphatic carbocycles. The minimum Gasteiger partial charge on any atom is -0.469 e. The molecule has 1 aromatic carbocycles. The summed E-state index contributed by atoms with van der Waals surface area (Å²) in [7, 11) is 1.42. The quantitative estimate of drug-likeness (QED) is 0.553. The van der Waals surface area contributed by atoms with Gasteiger partial charge in [-0.2, -0.15) is 0 Å². The number of ether oxygens (including phenoxy) is 1. The van der Waals surface area contributed by atoms with E-state index in [1.54, 1.807) is 0 Å². The predicted molar refractivity (Wildman–Crippen MR) is 85.8 cm³/mol. The third-order valence-electron chi connectivity index (χ3n) is 3.56. The summed E-state index contributed by atoms with van der Waals surface area (Å²) in [5, 5.41) is 0. The van der Waals surface area contributed by atoms with E-state index in [9.17, 15) is 9.59 Å². The Bertz CT molecular complexity index is 644. The normalized spacial score (nSPS) is 10.9. The van der Waals surface area contributed by atoms with Crippen molar-refractivity contribution < 1.29 is 9.53 Å². The lowest BCUT2D eigenvalue weighted by atomic mass is 10.1. The highest BCUT2D eigenvalue weighted by molar-refractivity contribution is 7.16. The number of fused-ring (bicyclic) bond motifs is 1. The van der Waals surface area contributed by atoms with Crippen LogP contribution in [0.25, 0.3) is 10.2 Å². The fourth-order valence-electron chi connectivity index (χ4n) is 2.40. The Morgan fingerprint density at radius 1 is 1.14 bits per heavy atom. The monoisotopic (exact) mass is 307 g/mol. The lowest BCUT2D eigenvalue weighted by Crippen LogP contribution is -2.12. The second kappa shape index (κ2) is 7.98. The highest BCUT2D eigenvalue weighted by Crippen LogP contribution is 2.17. The van der Waals surface area contributed by atoms with Crippen LogP contribution < -0.4 is 4.87 Å². The van der Waals surface area contributed by atoms with Crippen molar-refractivity contribution in [1.29, 1.82) is 0 Å². The van der Waals surface area contributed by atoms with Gasteiger partial charge in [0, 0.05) is 13.0 Å². The molecule has 0 N–H and O–H groups in total. The van der Waals surface area contributed by atoms with E-state index in [4.69, 9.17) is 0 Å². The summed E-state index contributed by atoms with van der Waals surface area (Å²) in [6.07, 6.45) is 5.60. The molecule has 0 atom stereocenters. The molecule has 0 radical (unpaired) electrons. The van der Waals surface area contributed by atoms with Crippen molar-refractivity contribution in [2.45, 2.75) is 45.1 Å². The van der Waals surface area contributed by atoms with Gasteiger partial charge in [0.15, 0.2) is 0 Å². The molecule has 4 nitrogen and oxygen atoms in total. The lowest BCUT2D eigenvalue weighted by molar-refractivity contribution is -0.140. The number of carbonyl (C=O) groups is 1. The zero-order valence-corrected chi connectivity index (χ0v) is 13.2. The second-order valence-corrected chi connectivity index (χ2v) is 6.07. The van der Waals surface area contributed by atoms with Crippen LogP contribution in [0.4, 0.5) is 0 Å². The maximum atomic E-state index is 11.9. The van der Waals surface area contributed by atoms with E-state index in [0.29, 0.717) is 6.42 Å². The van der Waals surface area contributed by atoms with Crippen LogP contribution in [0.3, 0.4) is 0 Å². The average molecular weight is 307 g/mol. The molecule has 0 unspecified atom stereocenters. The molecule has 0 saturated heterocycles. The Balaban J connectivity index is 1.72. The van der Waals surface area contributed by atoms with E-state index in [-0.39, 0.29) is 10.8 Å². The van der Waals surface area contributed by atoms with Gasteiger partial charge < -0.3 is 4.74 Å². The summed E-state index contributed by atoms with van der Waals surface area (Å²) < 4.78 is 7.53. The molecule has 0 fully saturated rings. The number of hydrogen-bond donors (Lipinski definition) is 0. The smallest absolute Gasteiger partial charge is 0.308 e. The van der Waals surface area contributed by atoms with Crippen molar-refractivity contribution in [1.82, 2.24) is 4.57 Å². The first kappa shape index (κ1) is 15.8. The number of thiazole rings is 1. The Morgan fingerprint density at radius 3 is 2.67 bits per heavy atom. The van der Waals surface area contributed by atoms with Gasteiger partial charge in [0.25, 0.3) is 0 Å². The summed E-state index contributed by atoms with van der Waals surface area (Å²) >= 11 is 1.31. The minimum atomic E-state index is -0.133. The maximum absolute atomic E-state index is 11.9. The molecule has 0 spiro atoms. The van der Waals surface area contributed by atoms with E-state index < -0.39 is 0 Å². The average Bonchev–Trinajstić information content (AvgIpc) is 2.81. The molecule has 5 heteroatoms. The van der Waals surface area contributed by atoms with Crippen LogP contribution in [0, 0.1) is 0 Å². The van der Waals surface area contributed by atoms with Gasteiger partial charge in [-0.3, -0.25) is 14.2 Å². The summed E-state index contributed by atoms with van der Waals surface area (Å²) in [6.45, 7) is 0.778. The van der Waals surface area contributed by atoms with E-state index in [1.807, 2.05) is 28.8 Å². The molecule has 1 heterocycles. The van der Waals surface area contributed by atoms with Crippen molar-refractivity contribution in [3.05, 3.63) is 33.9 Å². The SMILES string of the molecule is COC(=O)CCCCCCCn1c(=O)sc2ccccc21. The van der Waals surface area contributed by atoms with Crippen molar-refractivity contribution in [3.8, 4) is 0 Å². The van der Waals surface area contributed by atoms with E-state index in [2.05, 4.69) is 4.74 Å². The van der Waals surface area contributed by atoms with Crippen molar-refractivity contribution in [2.24, 2.45) is 0 Å². The first-order valence-electron chi connectivity index (χ1n) is 7.37. The van der Waals surface area contributed by atoms with Gasteiger partial charge in [-0.05, 0) is 25.0 Å². The van der Waals surface area contributed by atoms with Crippen molar-refractivity contribution >= 4 is 27.5 Å². The third-order valence-corrected chi connectivity index (χ3v) is 4.52. The third kappa shape index (κ3) is 4.43. The summed E-state index contributed by atoms with van der Waals surface area (Å²) in [5.74, 6) is -0.133. The number of hydrogen-bond acceptors (Lipinski definition) is 4. The van der Waals surface area contributed by atoms with Crippen molar-refractivity contribution in [2.75, 3.05) is 7.11 Å². The first-order chi connectivity index (χ1) is 10.2. The van der Waals surface area contributed by atoms with Gasteiger partial charge in [-0.15, -0.1) is 0 Å². The van der Waals surface area contributed by atoms with Crippen LogP contribution in [0.5, 0.6) is 0 Å². The zero-order chi connectivity index (χ0) is 15.1. The van der Waals surface area contributed by atoms with Gasteiger partial charge in [-0.1, -0.05) is 42.7 Å². The van der Waals surface area contributed by atoms with Crippen LogP contribution in [-0.2, 0) is 16.1 Å². The largest absolute Gasteiger partial charge is 0.469 e. The van der Waals surface area contributed by atoms with Gasteiger partial charge in [0.1, 0.15) is 0 Å². The maximum Gasteiger partial charge on any atom is 0.308 e. The number of esters is 1. The first-order valence-corrected chi connectivity index (χ1v) is 8.19. The van der Waals surface area contributed by atoms with E-state index >= 15 is 0 Å². The van der Waals surface area contributed by atoms with E-state index in [0.717, 1.165) is 48.9 Å². The van der Waals surface area contributed by atoms with Gasteiger partial charge in [0.05, 0.1) is 17.3 Å². The molecule has 0 aliphatic rings. The Morgan fingerprint density at radius 2 is 1.86 bits per heavy atom.